The number of benzene rings is 1. The molecule has 1 saturated carbocycles. The highest BCUT2D eigenvalue weighted by atomic mass is 16.2. The second kappa shape index (κ2) is 6.50. The van der Waals surface area contributed by atoms with Gasteiger partial charge < -0.3 is 10.6 Å². The van der Waals surface area contributed by atoms with Crippen LogP contribution >= 0.6 is 0 Å². The van der Waals surface area contributed by atoms with E-state index in [1.165, 1.54) is 11.3 Å². The summed E-state index contributed by atoms with van der Waals surface area (Å²) >= 11 is 0. The number of carbonyl (C=O) groups excluding carboxylic acids is 3. The van der Waals surface area contributed by atoms with Crippen molar-refractivity contribution in [3.05, 3.63) is 29.3 Å². The average molecular weight is 343 g/mol. The number of fused-ring (bicyclic) bond motifs is 1. The van der Waals surface area contributed by atoms with Crippen LogP contribution in [-0.4, -0.2) is 34.3 Å². The fraction of sp³-hybridized carbons (Fsp3) is 0.526. The fourth-order valence-corrected chi connectivity index (χ4v) is 3.53. The number of carbonyl (C=O) groups is 3. The zero-order valence-electron chi connectivity index (χ0n) is 15.0. The Labute approximate surface area is 148 Å². The summed E-state index contributed by atoms with van der Waals surface area (Å²) in [6.45, 7) is 5.47. The fourth-order valence-electron chi connectivity index (χ4n) is 3.53. The van der Waals surface area contributed by atoms with Crippen molar-refractivity contribution in [1.29, 1.82) is 0 Å². The van der Waals surface area contributed by atoms with Gasteiger partial charge in [-0.2, -0.15) is 0 Å². The van der Waals surface area contributed by atoms with E-state index in [9.17, 15) is 14.4 Å². The van der Waals surface area contributed by atoms with Crippen LogP contribution in [0.2, 0.25) is 0 Å². The molecule has 0 aromatic heterocycles. The smallest absolute Gasteiger partial charge is 0.319 e. The zero-order valence-corrected chi connectivity index (χ0v) is 15.0. The molecule has 1 aromatic rings. The van der Waals surface area contributed by atoms with Crippen molar-refractivity contribution in [2.24, 2.45) is 0 Å². The monoisotopic (exact) mass is 343 g/mol. The van der Waals surface area contributed by atoms with Crippen LogP contribution in [0.4, 0.5) is 10.5 Å². The van der Waals surface area contributed by atoms with E-state index in [-0.39, 0.29) is 23.9 Å². The summed E-state index contributed by atoms with van der Waals surface area (Å²) in [4.78, 5) is 38.5. The summed E-state index contributed by atoms with van der Waals surface area (Å²) < 4.78 is 0. The van der Waals surface area contributed by atoms with Gasteiger partial charge in [-0.05, 0) is 51.8 Å². The minimum absolute atomic E-state index is 0.211. The van der Waals surface area contributed by atoms with E-state index in [1.807, 2.05) is 20.8 Å². The van der Waals surface area contributed by atoms with Gasteiger partial charge in [-0.1, -0.05) is 19.3 Å². The van der Waals surface area contributed by atoms with E-state index >= 15 is 0 Å². The molecular weight excluding hydrogens is 318 g/mol. The number of nitrogens with zero attached hydrogens (tertiary/aromatic N) is 1. The number of anilines is 1. The van der Waals surface area contributed by atoms with Crippen LogP contribution in [0.5, 0.6) is 0 Å². The van der Waals surface area contributed by atoms with E-state index in [0.29, 0.717) is 16.8 Å². The lowest BCUT2D eigenvalue weighted by molar-refractivity contribution is 0.0507. The molecule has 0 spiro atoms. The molecule has 25 heavy (non-hydrogen) atoms. The third kappa shape index (κ3) is 3.52. The predicted octanol–water partition coefficient (Wildman–Crippen LogP) is 3.54. The molecular formula is C19H25N3O3. The molecule has 6 heteroatoms. The first-order chi connectivity index (χ1) is 11.8. The Balaban J connectivity index is 1.72. The SMILES string of the molecule is CC(C)(C)N1C(=O)c2ccc(NC(=O)NC3CCCCC3)cc2C1=O. The first kappa shape index (κ1) is 17.5. The number of nitrogens with one attached hydrogen (secondary N) is 2. The van der Waals surface area contributed by atoms with Gasteiger partial charge in [-0.3, -0.25) is 14.5 Å². The normalized spacial score (nSPS) is 18.3. The number of hydrogen-bond acceptors (Lipinski definition) is 3. The molecule has 0 atom stereocenters. The Morgan fingerprint density at radius 2 is 1.68 bits per heavy atom. The molecule has 0 unspecified atom stereocenters. The van der Waals surface area contributed by atoms with Crippen molar-refractivity contribution < 1.29 is 14.4 Å². The summed E-state index contributed by atoms with van der Waals surface area (Å²) in [5.41, 5.74) is 0.664. The van der Waals surface area contributed by atoms with Gasteiger partial charge in [0, 0.05) is 17.3 Å². The van der Waals surface area contributed by atoms with E-state index in [1.54, 1.807) is 18.2 Å². The third-order valence-electron chi connectivity index (χ3n) is 4.76. The number of rotatable bonds is 2. The van der Waals surface area contributed by atoms with Crippen LogP contribution in [0, 0.1) is 0 Å². The van der Waals surface area contributed by atoms with E-state index < -0.39 is 5.54 Å². The van der Waals surface area contributed by atoms with Crippen molar-refractivity contribution in [2.45, 2.75) is 64.5 Å². The van der Waals surface area contributed by atoms with Gasteiger partial charge in [0.05, 0.1) is 11.1 Å². The van der Waals surface area contributed by atoms with Gasteiger partial charge in [0.2, 0.25) is 0 Å². The molecule has 6 nitrogen and oxygen atoms in total. The highest BCUT2D eigenvalue weighted by Gasteiger charge is 2.41. The average Bonchev–Trinajstić information content (AvgIpc) is 2.79. The Morgan fingerprint density at radius 1 is 1.04 bits per heavy atom. The summed E-state index contributed by atoms with van der Waals surface area (Å²) in [7, 11) is 0. The summed E-state index contributed by atoms with van der Waals surface area (Å²) in [5.74, 6) is -0.602. The number of amides is 4. The van der Waals surface area contributed by atoms with Gasteiger partial charge >= 0.3 is 6.03 Å². The molecule has 1 heterocycles. The largest absolute Gasteiger partial charge is 0.335 e. The van der Waals surface area contributed by atoms with Crippen molar-refractivity contribution in [2.75, 3.05) is 5.32 Å². The maximum Gasteiger partial charge on any atom is 0.319 e. The van der Waals surface area contributed by atoms with Crippen LogP contribution in [0.25, 0.3) is 0 Å². The van der Waals surface area contributed by atoms with Crippen LogP contribution in [0.15, 0.2) is 18.2 Å². The molecule has 4 amide bonds. The second-order valence-corrected chi connectivity index (χ2v) is 7.81. The zero-order chi connectivity index (χ0) is 18.2. The number of hydrogen-bond donors (Lipinski definition) is 2. The molecule has 0 radical (unpaired) electrons. The molecule has 1 aromatic carbocycles. The van der Waals surface area contributed by atoms with Crippen LogP contribution < -0.4 is 10.6 Å². The Hall–Kier alpha value is -2.37. The minimum atomic E-state index is -0.584. The van der Waals surface area contributed by atoms with Crippen molar-refractivity contribution >= 4 is 23.5 Å². The highest BCUT2D eigenvalue weighted by Crippen LogP contribution is 2.31. The lowest BCUT2D eigenvalue weighted by atomic mass is 9.96. The third-order valence-corrected chi connectivity index (χ3v) is 4.76. The van der Waals surface area contributed by atoms with E-state index in [2.05, 4.69) is 10.6 Å². The maximum absolute atomic E-state index is 12.6. The molecule has 2 aliphatic rings. The molecule has 1 fully saturated rings. The first-order valence-corrected chi connectivity index (χ1v) is 8.88. The van der Waals surface area contributed by atoms with Gasteiger partial charge in [-0.25, -0.2) is 4.79 Å². The second-order valence-electron chi connectivity index (χ2n) is 7.81. The van der Waals surface area contributed by atoms with Crippen LogP contribution in [0.1, 0.15) is 73.6 Å². The summed E-state index contributed by atoms with van der Waals surface area (Å²) in [6.07, 6.45) is 5.52. The first-order valence-electron chi connectivity index (χ1n) is 8.88. The van der Waals surface area contributed by atoms with Gasteiger partial charge in [0.25, 0.3) is 11.8 Å². The van der Waals surface area contributed by atoms with E-state index in [4.69, 9.17) is 0 Å². The molecule has 1 aliphatic heterocycles. The predicted molar refractivity (Wildman–Crippen MR) is 95.7 cm³/mol. The van der Waals surface area contributed by atoms with Crippen molar-refractivity contribution in [3.8, 4) is 0 Å². The molecule has 3 rings (SSSR count). The summed E-state index contributed by atoms with van der Waals surface area (Å²) in [6, 6.07) is 4.80. The molecule has 0 saturated heterocycles. The lowest BCUT2D eigenvalue weighted by Crippen LogP contribution is -2.45. The van der Waals surface area contributed by atoms with Gasteiger partial charge in [0.15, 0.2) is 0 Å². The molecule has 134 valence electrons. The highest BCUT2D eigenvalue weighted by molar-refractivity contribution is 6.22. The quantitative estimate of drug-likeness (QED) is 0.806. The van der Waals surface area contributed by atoms with Gasteiger partial charge in [0.1, 0.15) is 0 Å². The standard InChI is InChI=1S/C19H25N3O3/c1-19(2,3)22-16(23)14-10-9-13(11-15(14)17(22)24)21-18(25)20-12-7-5-4-6-8-12/h9-12H,4-8H2,1-3H3,(H2,20,21,25). The van der Waals surface area contributed by atoms with E-state index in [0.717, 1.165) is 25.7 Å². The maximum atomic E-state index is 12.6. The topological polar surface area (TPSA) is 78.5 Å². The van der Waals surface area contributed by atoms with Crippen molar-refractivity contribution in [3.63, 3.8) is 0 Å². The Bertz CT molecular complexity index is 715. The van der Waals surface area contributed by atoms with Crippen molar-refractivity contribution in [1.82, 2.24) is 10.2 Å². The summed E-state index contributed by atoms with van der Waals surface area (Å²) in [5, 5.41) is 5.75. The van der Waals surface area contributed by atoms with Crippen LogP contribution in [0.3, 0.4) is 0 Å². The number of urea groups is 1. The Kier molecular flexibility index (Phi) is 4.54. The van der Waals surface area contributed by atoms with Gasteiger partial charge in [-0.15, -0.1) is 0 Å². The Morgan fingerprint density at radius 3 is 2.32 bits per heavy atom. The molecule has 2 N–H and O–H groups in total. The molecule has 0 bridgehead atoms. The number of imide groups is 1. The lowest BCUT2D eigenvalue weighted by Gasteiger charge is -2.29. The van der Waals surface area contributed by atoms with Crippen LogP contribution in [-0.2, 0) is 0 Å². The minimum Gasteiger partial charge on any atom is -0.335 e. The molecule has 1 aliphatic carbocycles.